The summed E-state index contributed by atoms with van der Waals surface area (Å²) in [6.07, 6.45) is 0.627. The highest BCUT2D eigenvalue weighted by Crippen LogP contribution is 2.27. The summed E-state index contributed by atoms with van der Waals surface area (Å²) in [5.74, 6) is 0.924. The molecule has 0 aliphatic rings. The van der Waals surface area contributed by atoms with Gasteiger partial charge in [0.15, 0.2) is 0 Å². The second kappa shape index (κ2) is 5.19. The van der Waals surface area contributed by atoms with Crippen LogP contribution in [0.25, 0.3) is 0 Å². The van der Waals surface area contributed by atoms with E-state index in [2.05, 4.69) is 15.9 Å². The van der Waals surface area contributed by atoms with Gasteiger partial charge in [-0.1, -0.05) is 15.9 Å². The minimum atomic E-state index is -0.669. The Morgan fingerprint density at radius 2 is 1.75 bits per heavy atom. The van der Waals surface area contributed by atoms with E-state index < -0.39 is 5.60 Å². The molecule has 0 heterocycles. The Morgan fingerprint density at radius 3 is 2.19 bits per heavy atom. The first-order chi connectivity index (χ1) is 7.29. The van der Waals surface area contributed by atoms with Gasteiger partial charge in [0, 0.05) is 10.9 Å². The standard InChI is InChI=1S/C13H19BrO2/c1-9-7-11(14)8-10(2)12(9)16-6-5-13(3,4)15/h7-8,15H,5-6H2,1-4H3. The molecule has 0 radical (unpaired) electrons. The molecule has 0 bridgehead atoms. The van der Waals surface area contributed by atoms with Crippen molar-refractivity contribution in [1.82, 2.24) is 0 Å². The zero-order chi connectivity index (χ0) is 12.3. The van der Waals surface area contributed by atoms with Crippen molar-refractivity contribution < 1.29 is 9.84 Å². The molecule has 3 heteroatoms. The highest BCUT2D eigenvalue weighted by atomic mass is 79.9. The van der Waals surface area contributed by atoms with Gasteiger partial charge in [-0.25, -0.2) is 0 Å². The average Bonchev–Trinajstić information content (AvgIpc) is 2.07. The second-order valence-electron chi connectivity index (χ2n) is 4.78. The molecule has 0 saturated heterocycles. The smallest absolute Gasteiger partial charge is 0.125 e. The minimum Gasteiger partial charge on any atom is -0.493 e. The lowest BCUT2D eigenvalue weighted by Crippen LogP contribution is -2.22. The normalized spacial score (nSPS) is 11.6. The molecule has 2 nitrogen and oxygen atoms in total. The van der Waals surface area contributed by atoms with Crippen molar-refractivity contribution >= 4 is 15.9 Å². The molecule has 0 aromatic heterocycles. The van der Waals surface area contributed by atoms with Gasteiger partial charge in [0.05, 0.1) is 12.2 Å². The van der Waals surface area contributed by atoms with E-state index in [4.69, 9.17) is 4.74 Å². The van der Waals surface area contributed by atoms with Gasteiger partial charge >= 0.3 is 0 Å². The zero-order valence-corrected chi connectivity index (χ0v) is 11.9. The SMILES string of the molecule is Cc1cc(Br)cc(C)c1OCCC(C)(C)O. The summed E-state index contributed by atoms with van der Waals surface area (Å²) >= 11 is 3.45. The molecular formula is C13H19BrO2. The molecule has 0 aliphatic carbocycles. The fraction of sp³-hybridized carbons (Fsp3) is 0.538. The van der Waals surface area contributed by atoms with E-state index in [0.717, 1.165) is 21.3 Å². The lowest BCUT2D eigenvalue weighted by Gasteiger charge is -2.18. The summed E-state index contributed by atoms with van der Waals surface area (Å²) in [7, 11) is 0. The molecular weight excluding hydrogens is 268 g/mol. The summed E-state index contributed by atoms with van der Waals surface area (Å²) in [6.45, 7) is 8.16. The van der Waals surface area contributed by atoms with Crippen molar-refractivity contribution in [2.45, 2.75) is 39.7 Å². The highest BCUT2D eigenvalue weighted by molar-refractivity contribution is 9.10. The van der Waals surface area contributed by atoms with Crippen LogP contribution in [0, 0.1) is 13.8 Å². The van der Waals surface area contributed by atoms with Crippen LogP contribution in [0.15, 0.2) is 16.6 Å². The van der Waals surface area contributed by atoms with E-state index in [9.17, 15) is 5.11 Å². The Morgan fingerprint density at radius 1 is 1.25 bits per heavy atom. The van der Waals surface area contributed by atoms with Gasteiger partial charge in [-0.05, 0) is 51.0 Å². The van der Waals surface area contributed by atoms with Gasteiger partial charge in [-0.15, -0.1) is 0 Å². The summed E-state index contributed by atoms with van der Waals surface area (Å²) in [5, 5.41) is 9.59. The van der Waals surface area contributed by atoms with E-state index in [0.29, 0.717) is 13.0 Å². The number of benzene rings is 1. The van der Waals surface area contributed by atoms with Gasteiger partial charge in [0.1, 0.15) is 5.75 Å². The minimum absolute atomic E-state index is 0.535. The molecule has 1 aromatic carbocycles. The van der Waals surface area contributed by atoms with Crippen LogP contribution in [0.2, 0.25) is 0 Å². The van der Waals surface area contributed by atoms with Crippen LogP contribution in [0.3, 0.4) is 0 Å². The Kier molecular flexibility index (Phi) is 4.39. The molecule has 0 amide bonds. The first-order valence-corrected chi connectivity index (χ1v) is 6.21. The third kappa shape index (κ3) is 4.14. The number of halogens is 1. The van der Waals surface area contributed by atoms with Crippen LogP contribution in [-0.4, -0.2) is 17.3 Å². The van der Waals surface area contributed by atoms with Gasteiger partial charge < -0.3 is 9.84 Å². The quantitative estimate of drug-likeness (QED) is 0.916. The van der Waals surface area contributed by atoms with Crippen LogP contribution in [0.4, 0.5) is 0 Å². The molecule has 0 saturated carbocycles. The van der Waals surface area contributed by atoms with E-state index >= 15 is 0 Å². The predicted molar refractivity (Wildman–Crippen MR) is 70.0 cm³/mol. The van der Waals surface area contributed by atoms with E-state index in [1.165, 1.54) is 0 Å². The van der Waals surface area contributed by atoms with E-state index in [-0.39, 0.29) is 0 Å². The van der Waals surface area contributed by atoms with Crippen molar-refractivity contribution in [1.29, 1.82) is 0 Å². The van der Waals surface area contributed by atoms with Crippen LogP contribution in [0.5, 0.6) is 5.75 Å². The van der Waals surface area contributed by atoms with Crippen LogP contribution < -0.4 is 4.74 Å². The zero-order valence-electron chi connectivity index (χ0n) is 10.3. The number of aryl methyl sites for hydroxylation is 2. The lowest BCUT2D eigenvalue weighted by molar-refractivity contribution is 0.0551. The molecule has 0 atom stereocenters. The Bertz CT molecular complexity index is 344. The first kappa shape index (κ1) is 13.5. The van der Waals surface area contributed by atoms with E-state index in [1.54, 1.807) is 13.8 Å². The van der Waals surface area contributed by atoms with Gasteiger partial charge in [-0.2, -0.15) is 0 Å². The molecule has 16 heavy (non-hydrogen) atoms. The van der Waals surface area contributed by atoms with Gasteiger partial charge in [0.25, 0.3) is 0 Å². The van der Waals surface area contributed by atoms with Gasteiger partial charge in [0.2, 0.25) is 0 Å². The Balaban J connectivity index is 2.68. The summed E-state index contributed by atoms with van der Waals surface area (Å²) < 4.78 is 6.78. The summed E-state index contributed by atoms with van der Waals surface area (Å²) in [5.41, 5.74) is 1.56. The molecule has 1 rings (SSSR count). The molecule has 0 unspecified atom stereocenters. The van der Waals surface area contributed by atoms with Crippen molar-refractivity contribution in [2.24, 2.45) is 0 Å². The molecule has 0 fully saturated rings. The monoisotopic (exact) mass is 286 g/mol. The molecule has 1 N–H and O–H groups in total. The van der Waals surface area contributed by atoms with Crippen LogP contribution in [-0.2, 0) is 0 Å². The van der Waals surface area contributed by atoms with E-state index in [1.807, 2.05) is 26.0 Å². The molecule has 90 valence electrons. The first-order valence-electron chi connectivity index (χ1n) is 5.41. The number of ether oxygens (including phenoxy) is 1. The second-order valence-corrected chi connectivity index (χ2v) is 5.70. The molecule has 0 spiro atoms. The van der Waals surface area contributed by atoms with Crippen molar-refractivity contribution in [3.8, 4) is 5.75 Å². The lowest BCUT2D eigenvalue weighted by atomic mass is 10.1. The van der Waals surface area contributed by atoms with Crippen molar-refractivity contribution in [3.63, 3.8) is 0 Å². The number of hydrogen-bond donors (Lipinski definition) is 1. The third-order valence-corrected chi connectivity index (χ3v) is 2.84. The fourth-order valence-electron chi connectivity index (χ4n) is 1.53. The highest BCUT2D eigenvalue weighted by Gasteiger charge is 2.13. The summed E-state index contributed by atoms with van der Waals surface area (Å²) in [6, 6.07) is 4.07. The summed E-state index contributed by atoms with van der Waals surface area (Å²) in [4.78, 5) is 0. The van der Waals surface area contributed by atoms with Crippen molar-refractivity contribution in [3.05, 3.63) is 27.7 Å². The maximum absolute atomic E-state index is 9.59. The number of hydrogen-bond acceptors (Lipinski definition) is 2. The van der Waals surface area contributed by atoms with Crippen LogP contribution in [0.1, 0.15) is 31.4 Å². The maximum atomic E-state index is 9.59. The average molecular weight is 287 g/mol. The Labute approximate surface area is 106 Å². The predicted octanol–water partition coefficient (Wildman–Crippen LogP) is 3.61. The van der Waals surface area contributed by atoms with Crippen LogP contribution >= 0.6 is 15.9 Å². The third-order valence-electron chi connectivity index (χ3n) is 2.39. The fourth-order valence-corrected chi connectivity index (χ4v) is 2.21. The van der Waals surface area contributed by atoms with Gasteiger partial charge in [-0.3, -0.25) is 0 Å². The van der Waals surface area contributed by atoms with Crippen molar-refractivity contribution in [2.75, 3.05) is 6.61 Å². The topological polar surface area (TPSA) is 29.5 Å². The largest absolute Gasteiger partial charge is 0.493 e. The Hall–Kier alpha value is -0.540. The maximum Gasteiger partial charge on any atom is 0.125 e. The number of rotatable bonds is 4. The molecule has 0 aliphatic heterocycles. The number of aliphatic hydroxyl groups is 1. The molecule has 1 aromatic rings.